The highest BCUT2D eigenvalue weighted by Crippen LogP contribution is 2.20. The third-order valence-corrected chi connectivity index (χ3v) is 3.69. The van der Waals surface area contributed by atoms with E-state index < -0.39 is 5.97 Å². The van der Waals surface area contributed by atoms with Crippen molar-refractivity contribution in [3.05, 3.63) is 51.2 Å². The minimum atomic E-state index is -0.977. The number of benzene rings is 1. The van der Waals surface area contributed by atoms with Crippen molar-refractivity contribution in [2.24, 2.45) is 0 Å². The van der Waals surface area contributed by atoms with Crippen molar-refractivity contribution >= 4 is 28.9 Å². The van der Waals surface area contributed by atoms with Gasteiger partial charge < -0.3 is 10.4 Å². The molecule has 1 heterocycles. The quantitative estimate of drug-likeness (QED) is 0.903. The minimum absolute atomic E-state index is 0.177. The Balaban J connectivity index is 2.20. The summed E-state index contributed by atoms with van der Waals surface area (Å²) in [6.07, 6.45) is 0. The Morgan fingerprint density at radius 1 is 1.16 bits per heavy atom. The van der Waals surface area contributed by atoms with Gasteiger partial charge in [0.15, 0.2) is 0 Å². The van der Waals surface area contributed by atoms with Crippen molar-refractivity contribution < 1.29 is 14.7 Å². The molecule has 0 spiro atoms. The number of aryl methyl sites for hydroxylation is 2. The van der Waals surface area contributed by atoms with Gasteiger partial charge in [-0.15, -0.1) is 11.3 Å². The van der Waals surface area contributed by atoms with Crippen LogP contribution in [0.4, 0.5) is 5.69 Å². The Bertz CT molecular complexity index is 646. The van der Waals surface area contributed by atoms with Gasteiger partial charge in [0.2, 0.25) is 0 Å². The van der Waals surface area contributed by atoms with Crippen LogP contribution in [-0.4, -0.2) is 17.0 Å². The molecule has 0 atom stereocenters. The van der Waals surface area contributed by atoms with Gasteiger partial charge in [-0.2, -0.15) is 0 Å². The summed E-state index contributed by atoms with van der Waals surface area (Å²) in [7, 11) is 0. The molecule has 1 aromatic heterocycles. The number of thiophene rings is 1. The number of nitrogens with one attached hydrogen (secondary N) is 1. The van der Waals surface area contributed by atoms with Gasteiger partial charge in [-0.3, -0.25) is 4.79 Å². The first kappa shape index (κ1) is 13.3. The molecule has 0 saturated heterocycles. The van der Waals surface area contributed by atoms with Crippen LogP contribution in [0, 0.1) is 13.8 Å². The van der Waals surface area contributed by atoms with Crippen LogP contribution >= 0.6 is 11.3 Å². The molecule has 0 aliphatic heterocycles. The lowest BCUT2D eigenvalue weighted by molar-refractivity contribution is 0.0696. The summed E-state index contributed by atoms with van der Waals surface area (Å²) in [6, 6.07) is 8.29. The Hall–Kier alpha value is -2.14. The van der Waals surface area contributed by atoms with Crippen molar-refractivity contribution in [2.75, 3.05) is 5.32 Å². The molecule has 0 saturated carbocycles. The molecule has 5 heteroatoms. The Morgan fingerprint density at radius 2 is 1.89 bits per heavy atom. The van der Waals surface area contributed by atoms with Crippen molar-refractivity contribution in [3.63, 3.8) is 0 Å². The number of amides is 1. The molecule has 0 aliphatic carbocycles. The number of carboxylic acid groups (broad SMARTS) is 1. The molecule has 2 rings (SSSR count). The average molecular weight is 275 g/mol. The lowest BCUT2D eigenvalue weighted by Gasteiger charge is -2.08. The SMILES string of the molecule is Cc1ccc(C(=O)Nc2ccc(C(=O)O)cc2C)s1. The maximum atomic E-state index is 12.0. The molecule has 1 amide bonds. The van der Waals surface area contributed by atoms with E-state index in [1.807, 2.05) is 13.0 Å². The maximum absolute atomic E-state index is 12.0. The third kappa shape index (κ3) is 3.00. The van der Waals surface area contributed by atoms with Crippen LogP contribution in [0.3, 0.4) is 0 Å². The number of anilines is 1. The van der Waals surface area contributed by atoms with Crippen LogP contribution in [0.2, 0.25) is 0 Å². The number of aromatic carboxylic acids is 1. The Morgan fingerprint density at radius 3 is 2.42 bits per heavy atom. The van der Waals surface area contributed by atoms with E-state index in [1.54, 1.807) is 19.1 Å². The highest BCUT2D eigenvalue weighted by Gasteiger charge is 2.11. The van der Waals surface area contributed by atoms with Crippen LogP contribution in [-0.2, 0) is 0 Å². The van der Waals surface area contributed by atoms with E-state index in [0.717, 1.165) is 10.4 Å². The van der Waals surface area contributed by atoms with Crippen LogP contribution in [0.25, 0.3) is 0 Å². The maximum Gasteiger partial charge on any atom is 0.335 e. The molecule has 2 aromatic rings. The summed E-state index contributed by atoms with van der Waals surface area (Å²) in [4.78, 5) is 24.5. The second-order valence-corrected chi connectivity index (χ2v) is 5.49. The molecular formula is C14H13NO3S. The monoisotopic (exact) mass is 275 g/mol. The summed E-state index contributed by atoms with van der Waals surface area (Å²) < 4.78 is 0. The average Bonchev–Trinajstić information content (AvgIpc) is 2.78. The fourth-order valence-electron chi connectivity index (χ4n) is 1.68. The normalized spacial score (nSPS) is 10.2. The topological polar surface area (TPSA) is 66.4 Å². The molecular weight excluding hydrogens is 262 g/mol. The molecule has 19 heavy (non-hydrogen) atoms. The number of carbonyl (C=O) groups excluding carboxylic acids is 1. The molecule has 0 unspecified atom stereocenters. The second kappa shape index (κ2) is 5.24. The van der Waals surface area contributed by atoms with Crippen LogP contribution in [0.15, 0.2) is 30.3 Å². The summed E-state index contributed by atoms with van der Waals surface area (Å²) in [6.45, 7) is 3.70. The highest BCUT2D eigenvalue weighted by atomic mass is 32.1. The molecule has 0 aliphatic rings. The van der Waals surface area contributed by atoms with Gasteiger partial charge in [0.25, 0.3) is 5.91 Å². The number of rotatable bonds is 3. The molecule has 4 nitrogen and oxygen atoms in total. The first-order valence-electron chi connectivity index (χ1n) is 5.69. The van der Waals surface area contributed by atoms with E-state index in [-0.39, 0.29) is 11.5 Å². The molecule has 0 bridgehead atoms. The fraction of sp³-hybridized carbons (Fsp3) is 0.143. The lowest BCUT2D eigenvalue weighted by Crippen LogP contribution is -2.11. The zero-order valence-electron chi connectivity index (χ0n) is 10.6. The van der Waals surface area contributed by atoms with Gasteiger partial charge in [0, 0.05) is 10.6 Å². The van der Waals surface area contributed by atoms with Crippen molar-refractivity contribution in [3.8, 4) is 0 Å². The smallest absolute Gasteiger partial charge is 0.335 e. The zero-order chi connectivity index (χ0) is 14.0. The third-order valence-electron chi connectivity index (χ3n) is 2.69. The van der Waals surface area contributed by atoms with Crippen molar-refractivity contribution in [1.82, 2.24) is 0 Å². The van der Waals surface area contributed by atoms with Crippen LogP contribution < -0.4 is 5.32 Å². The number of carboxylic acids is 1. The van der Waals surface area contributed by atoms with Crippen molar-refractivity contribution in [1.29, 1.82) is 0 Å². The highest BCUT2D eigenvalue weighted by molar-refractivity contribution is 7.14. The summed E-state index contributed by atoms with van der Waals surface area (Å²) in [5, 5.41) is 11.7. The van der Waals surface area contributed by atoms with E-state index in [9.17, 15) is 9.59 Å². The van der Waals surface area contributed by atoms with E-state index in [4.69, 9.17) is 5.11 Å². The van der Waals surface area contributed by atoms with E-state index in [1.165, 1.54) is 23.5 Å². The van der Waals surface area contributed by atoms with E-state index in [2.05, 4.69) is 5.32 Å². The number of hydrogen-bond donors (Lipinski definition) is 2. The predicted octanol–water partition coefficient (Wildman–Crippen LogP) is 3.32. The van der Waals surface area contributed by atoms with Gasteiger partial charge in [-0.25, -0.2) is 4.79 Å². The van der Waals surface area contributed by atoms with Gasteiger partial charge >= 0.3 is 5.97 Å². The number of hydrogen-bond acceptors (Lipinski definition) is 3. The summed E-state index contributed by atoms with van der Waals surface area (Å²) >= 11 is 1.42. The summed E-state index contributed by atoms with van der Waals surface area (Å²) in [5.74, 6) is -1.15. The molecule has 98 valence electrons. The second-order valence-electron chi connectivity index (χ2n) is 4.20. The van der Waals surface area contributed by atoms with Crippen molar-refractivity contribution in [2.45, 2.75) is 13.8 Å². The zero-order valence-corrected chi connectivity index (χ0v) is 11.4. The van der Waals surface area contributed by atoms with Crippen LogP contribution in [0.5, 0.6) is 0 Å². The van der Waals surface area contributed by atoms with E-state index >= 15 is 0 Å². The lowest BCUT2D eigenvalue weighted by atomic mass is 10.1. The van der Waals surface area contributed by atoms with Gasteiger partial charge in [-0.05, 0) is 49.7 Å². The predicted molar refractivity (Wildman–Crippen MR) is 75.1 cm³/mol. The molecule has 2 N–H and O–H groups in total. The van der Waals surface area contributed by atoms with Gasteiger partial charge in [-0.1, -0.05) is 0 Å². The standard InChI is InChI=1S/C14H13NO3S/c1-8-7-10(14(17)18)4-5-11(8)15-13(16)12-6-3-9(2)19-12/h3-7H,1-2H3,(H,15,16)(H,17,18). The molecule has 0 radical (unpaired) electrons. The molecule has 1 aromatic carbocycles. The van der Waals surface area contributed by atoms with Gasteiger partial charge in [0.1, 0.15) is 0 Å². The Labute approximate surface area is 114 Å². The number of carbonyl (C=O) groups is 2. The largest absolute Gasteiger partial charge is 0.478 e. The fourth-order valence-corrected chi connectivity index (χ4v) is 2.44. The first-order chi connectivity index (χ1) is 8.97. The minimum Gasteiger partial charge on any atom is -0.478 e. The Kier molecular flexibility index (Phi) is 3.66. The van der Waals surface area contributed by atoms with E-state index in [0.29, 0.717) is 10.6 Å². The molecule has 0 fully saturated rings. The van der Waals surface area contributed by atoms with Crippen LogP contribution in [0.1, 0.15) is 30.5 Å². The summed E-state index contributed by atoms with van der Waals surface area (Å²) in [5.41, 5.74) is 1.56. The van der Waals surface area contributed by atoms with Gasteiger partial charge in [0.05, 0.1) is 10.4 Å². The first-order valence-corrected chi connectivity index (χ1v) is 6.51.